The zero-order valence-corrected chi connectivity index (χ0v) is 14.7. The smallest absolute Gasteiger partial charge is 0.335 e. The molecule has 0 bridgehead atoms. The molecular weight excluding hydrogens is 341 g/mol. The summed E-state index contributed by atoms with van der Waals surface area (Å²) in [6, 6.07) is 9.49. The molecule has 0 spiro atoms. The topological polar surface area (TPSA) is 84.9 Å². The molecule has 1 unspecified atom stereocenters. The number of halogens is 1. The van der Waals surface area contributed by atoms with Gasteiger partial charge >= 0.3 is 5.97 Å². The van der Waals surface area contributed by atoms with Gasteiger partial charge < -0.3 is 19.9 Å². The van der Waals surface area contributed by atoms with Crippen LogP contribution < -0.4 is 14.8 Å². The van der Waals surface area contributed by atoms with Gasteiger partial charge in [-0.25, -0.2) is 9.18 Å². The van der Waals surface area contributed by atoms with E-state index in [1.807, 2.05) is 13.8 Å². The average molecular weight is 361 g/mol. The van der Waals surface area contributed by atoms with Crippen molar-refractivity contribution >= 4 is 17.6 Å². The number of hydrogen-bond acceptors (Lipinski definition) is 4. The molecule has 138 valence electrons. The van der Waals surface area contributed by atoms with Crippen LogP contribution in [0.3, 0.4) is 0 Å². The summed E-state index contributed by atoms with van der Waals surface area (Å²) in [5.41, 5.74) is 0.252. The number of benzene rings is 2. The van der Waals surface area contributed by atoms with E-state index in [1.165, 1.54) is 49.4 Å². The molecule has 0 aliphatic carbocycles. The lowest BCUT2D eigenvalue weighted by atomic mass is 10.1. The lowest BCUT2D eigenvalue weighted by Gasteiger charge is -2.18. The highest BCUT2D eigenvalue weighted by Gasteiger charge is 2.18. The van der Waals surface area contributed by atoms with Crippen molar-refractivity contribution in [2.24, 2.45) is 0 Å². The van der Waals surface area contributed by atoms with E-state index < -0.39 is 23.8 Å². The molecule has 0 aliphatic heterocycles. The average Bonchev–Trinajstić information content (AvgIpc) is 2.57. The van der Waals surface area contributed by atoms with Gasteiger partial charge in [0.2, 0.25) is 0 Å². The predicted octanol–water partition coefficient (Wildman–Crippen LogP) is 3.72. The third-order valence-corrected chi connectivity index (χ3v) is 3.34. The van der Waals surface area contributed by atoms with E-state index in [-0.39, 0.29) is 17.4 Å². The molecule has 0 fully saturated rings. The molecular formula is C19H20FNO5. The van der Waals surface area contributed by atoms with E-state index in [0.29, 0.717) is 11.5 Å². The molecule has 0 radical (unpaired) electrons. The molecule has 0 aromatic heterocycles. The maximum atomic E-state index is 12.9. The zero-order valence-electron chi connectivity index (χ0n) is 14.7. The van der Waals surface area contributed by atoms with Gasteiger partial charge in [-0.2, -0.15) is 0 Å². The van der Waals surface area contributed by atoms with Gasteiger partial charge in [-0.3, -0.25) is 4.79 Å². The number of aromatic carboxylic acids is 1. The van der Waals surface area contributed by atoms with Crippen molar-refractivity contribution in [3.05, 3.63) is 53.8 Å². The second-order valence-corrected chi connectivity index (χ2v) is 5.89. The van der Waals surface area contributed by atoms with Crippen molar-refractivity contribution in [3.63, 3.8) is 0 Å². The van der Waals surface area contributed by atoms with Crippen LogP contribution in [0, 0.1) is 5.82 Å². The largest absolute Gasteiger partial charge is 0.489 e. The SMILES string of the molecule is CC(C)Oc1ccc(C(=O)O)cc1NC(=O)C(C)Oc1ccc(F)cc1. The number of rotatable bonds is 7. The predicted molar refractivity (Wildman–Crippen MR) is 94.3 cm³/mol. The van der Waals surface area contributed by atoms with Crippen molar-refractivity contribution in [1.82, 2.24) is 0 Å². The van der Waals surface area contributed by atoms with Gasteiger partial charge in [0.05, 0.1) is 17.4 Å². The number of anilines is 1. The number of carbonyl (C=O) groups excluding carboxylic acids is 1. The standard InChI is InChI=1S/C19H20FNO5/c1-11(2)25-17-9-4-13(19(23)24)10-16(17)21-18(22)12(3)26-15-7-5-14(20)6-8-15/h4-12H,1-3H3,(H,21,22)(H,23,24). The fraction of sp³-hybridized carbons (Fsp3) is 0.263. The van der Waals surface area contributed by atoms with Gasteiger partial charge in [-0.1, -0.05) is 0 Å². The van der Waals surface area contributed by atoms with Gasteiger partial charge in [0, 0.05) is 0 Å². The van der Waals surface area contributed by atoms with Gasteiger partial charge in [-0.05, 0) is 63.2 Å². The van der Waals surface area contributed by atoms with Gasteiger partial charge in [0.15, 0.2) is 6.10 Å². The van der Waals surface area contributed by atoms with E-state index in [0.717, 1.165) is 0 Å². The van der Waals surface area contributed by atoms with Crippen LogP contribution in [-0.4, -0.2) is 29.2 Å². The maximum absolute atomic E-state index is 12.9. The Morgan fingerprint density at radius 2 is 1.69 bits per heavy atom. The number of carbonyl (C=O) groups is 2. The first-order chi connectivity index (χ1) is 12.3. The molecule has 0 heterocycles. The molecule has 2 aromatic carbocycles. The van der Waals surface area contributed by atoms with Crippen LogP contribution in [0.1, 0.15) is 31.1 Å². The molecule has 0 aliphatic rings. The Kier molecular flexibility index (Phi) is 6.16. The summed E-state index contributed by atoms with van der Waals surface area (Å²) in [5.74, 6) is -1.33. The van der Waals surface area contributed by atoms with Crippen LogP contribution in [-0.2, 0) is 4.79 Å². The minimum Gasteiger partial charge on any atom is -0.489 e. The molecule has 2 N–H and O–H groups in total. The van der Waals surface area contributed by atoms with Crippen LogP contribution in [0.5, 0.6) is 11.5 Å². The Balaban J connectivity index is 2.16. The van der Waals surface area contributed by atoms with Crippen molar-refractivity contribution in [2.45, 2.75) is 33.0 Å². The minimum atomic E-state index is -1.12. The highest BCUT2D eigenvalue weighted by atomic mass is 19.1. The number of amides is 1. The van der Waals surface area contributed by atoms with Crippen molar-refractivity contribution in [1.29, 1.82) is 0 Å². The van der Waals surface area contributed by atoms with Crippen LogP contribution >= 0.6 is 0 Å². The van der Waals surface area contributed by atoms with E-state index >= 15 is 0 Å². The molecule has 0 saturated heterocycles. The highest BCUT2D eigenvalue weighted by molar-refractivity contribution is 5.97. The Labute approximate surface area is 150 Å². The second kappa shape index (κ2) is 8.33. The Morgan fingerprint density at radius 3 is 2.27 bits per heavy atom. The second-order valence-electron chi connectivity index (χ2n) is 5.89. The fourth-order valence-electron chi connectivity index (χ4n) is 2.12. The third-order valence-electron chi connectivity index (χ3n) is 3.34. The van der Waals surface area contributed by atoms with Gasteiger partial charge in [-0.15, -0.1) is 0 Å². The van der Waals surface area contributed by atoms with Gasteiger partial charge in [0.1, 0.15) is 17.3 Å². The van der Waals surface area contributed by atoms with Crippen molar-refractivity contribution in [3.8, 4) is 11.5 Å². The summed E-state index contributed by atoms with van der Waals surface area (Å²) in [4.78, 5) is 23.6. The zero-order chi connectivity index (χ0) is 19.3. The molecule has 0 saturated carbocycles. The fourth-order valence-corrected chi connectivity index (χ4v) is 2.12. The number of hydrogen-bond donors (Lipinski definition) is 2. The first-order valence-corrected chi connectivity index (χ1v) is 8.03. The normalized spacial score (nSPS) is 11.7. The molecule has 2 rings (SSSR count). The van der Waals surface area contributed by atoms with Crippen molar-refractivity contribution < 1.29 is 28.6 Å². The summed E-state index contributed by atoms with van der Waals surface area (Å²) >= 11 is 0. The summed E-state index contributed by atoms with van der Waals surface area (Å²) in [6.45, 7) is 5.16. The molecule has 1 atom stereocenters. The molecule has 2 aromatic rings. The Bertz CT molecular complexity index is 789. The van der Waals surface area contributed by atoms with E-state index in [4.69, 9.17) is 14.6 Å². The van der Waals surface area contributed by atoms with Crippen LogP contribution in [0.2, 0.25) is 0 Å². The van der Waals surface area contributed by atoms with E-state index in [1.54, 1.807) is 0 Å². The molecule has 1 amide bonds. The molecule has 7 heteroatoms. The molecule has 6 nitrogen and oxygen atoms in total. The highest BCUT2D eigenvalue weighted by Crippen LogP contribution is 2.27. The number of ether oxygens (including phenoxy) is 2. The summed E-state index contributed by atoms with van der Waals surface area (Å²) in [6.07, 6.45) is -1.05. The number of carboxylic acids is 1. The van der Waals surface area contributed by atoms with E-state index in [2.05, 4.69) is 5.32 Å². The Hall–Kier alpha value is -3.09. The van der Waals surface area contributed by atoms with Gasteiger partial charge in [0.25, 0.3) is 5.91 Å². The van der Waals surface area contributed by atoms with Crippen LogP contribution in [0.4, 0.5) is 10.1 Å². The lowest BCUT2D eigenvalue weighted by molar-refractivity contribution is -0.122. The maximum Gasteiger partial charge on any atom is 0.335 e. The van der Waals surface area contributed by atoms with Crippen LogP contribution in [0.25, 0.3) is 0 Å². The van der Waals surface area contributed by atoms with Crippen LogP contribution in [0.15, 0.2) is 42.5 Å². The first-order valence-electron chi connectivity index (χ1n) is 8.03. The first kappa shape index (κ1) is 19.2. The third kappa shape index (κ3) is 5.20. The summed E-state index contributed by atoms with van der Waals surface area (Å²) in [5, 5.41) is 11.7. The summed E-state index contributed by atoms with van der Waals surface area (Å²) < 4.78 is 24.0. The molecule has 26 heavy (non-hydrogen) atoms. The monoisotopic (exact) mass is 361 g/mol. The number of nitrogens with one attached hydrogen (secondary N) is 1. The van der Waals surface area contributed by atoms with Crippen molar-refractivity contribution in [2.75, 3.05) is 5.32 Å². The summed E-state index contributed by atoms with van der Waals surface area (Å²) in [7, 11) is 0. The lowest BCUT2D eigenvalue weighted by Crippen LogP contribution is -2.30. The quantitative estimate of drug-likeness (QED) is 0.785. The van der Waals surface area contributed by atoms with E-state index in [9.17, 15) is 14.0 Å². The minimum absolute atomic E-state index is 0.0171. The number of carboxylic acid groups (broad SMARTS) is 1. The Morgan fingerprint density at radius 1 is 1.04 bits per heavy atom.